The maximum atomic E-state index is 11.0. The van der Waals surface area contributed by atoms with Crippen molar-refractivity contribution in [3.63, 3.8) is 0 Å². The van der Waals surface area contributed by atoms with Crippen molar-refractivity contribution in [2.45, 2.75) is 38.6 Å². The van der Waals surface area contributed by atoms with Crippen molar-refractivity contribution in [1.29, 1.82) is 0 Å². The first kappa shape index (κ1) is 13.0. The molecule has 4 nitrogen and oxygen atoms in total. The van der Waals surface area contributed by atoms with E-state index in [0.717, 1.165) is 36.8 Å². The van der Waals surface area contributed by atoms with E-state index in [1.54, 1.807) is 0 Å². The van der Waals surface area contributed by atoms with Gasteiger partial charge in [-0.25, -0.2) is 4.98 Å². The SMILES string of the molecule is O=C(O)C1CCn2cc(CC3CCSCC3)nc2C1. The van der Waals surface area contributed by atoms with Crippen LogP contribution in [-0.4, -0.2) is 32.1 Å². The number of nitrogens with zero attached hydrogens (tertiary/aromatic N) is 2. The third-order valence-corrected chi connectivity index (χ3v) is 5.29. The number of carbonyl (C=O) groups is 1. The van der Waals surface area contributed by atoms with Crippen LogP contribution < -0.4 is 0 Å². The molecule has 1 atom stereocenters. The summed E-state index contributed by atoms with van der Waals surface area (Å²) < 4.78 is 2.16. The van der Waals surface area contributed by atoms with Gasteiger partial charge in [0, 0.05) is 19.2 Å². The fourth-order valence-electron chi connectivity index (χ4n) is 3.04. The highest BCUT2D eigenvalue weighted by atomic mass is 32.2. The Hall–Kier alpha value is -0.970. The molecule has 0 aliphatic carbocycles. The van der Waals surface area contributed by atoms with Crippen LogP contribution in [0.15, 0.2) is 6.20 Å². The molecule has 0 aromatic carbocycles. The van der Waals surface area contributed by atoms with E-state index in [2.05, 4.69) is 15.7 Å². The number of carboxylic acid groups (broad SMARTS) is 1. The molecule has 19 heavy (non-hydrogen) atoms. The second-order valence-corrected chi connectivity index (χ2v) is 6.85. The van der Waals surface area contributed by atoms with Crippen LogP contribution in [0.2, 0.25) is 0 Å². The number of imidazole rings is 1. The smallest absolute Gasteiger partial charge is 0.307 e. The lowest BCUT2D eigenvalue weighted by atomic mass is 9.97. The second kappa shape index (κ2) is 5.57. The number of carboxylic acids is 1. The minimum Gasteiger partial charge on any atom is -0.481 e. The first-order valence-corrected chi connectivity index (χ1v) is 8.23. The summed E-state index contributed by atoms with van der Waals surface area (Å²) in [6, 6.07) is 0. The minimum atomic E-state index is -0.680. The Morgan fingerprint density at radius 2 is 2.21 bits per heavy atom. The number of aliphatic carboxylic acids is 1. The molecule has 0 radical (unpaired) electrons. The Morgan fingerprint density at radius 1 is 1.42 bits per heavy atom. The van der Waals surface area contributed by atoms with Gasteiger partial charge in [0.25, 0.3) is 0 Å². The van der Waals surface area contributed by atoms with Crippen LogP contribution in [0.1, 0.15) is 30.8 Å². The van der Waals surface area contributed by atoms with Gasteiger partial charge in [-0.2, -0.15) is 11.8 Å². The highest BCUT2D eigenvalue weighted by Gasteiger charge is 2.26. The molecule has 104 valence electrons. The number of hydrogen-bond acceptors (Lipinski definition) is 3. The second-order valence-electron chi connectivity index (χ2n) is 5.63. The molecule has 0 bridgehead atoms. The quantitative estimate of drug-likeness (QED) is 0.922. The van der Waals surface area contributed by atoms with Crippen LogP contribution in [-0.2, 0) is 24.2 Å². The standard InChI is InChI=1S/C14H20N2O2S/c17-14(18)11-1-4-16-9-12(15-13(16)8-11)7-10-2-5-19-6-3-10/h9-11H,1-8H2,(H,17,18). The van der Waals surface area contributed by atoms with Crippen molar-refractivity contribution in [3.05, 3.63) is 17.7 Å². The van der Waals surface area contributed by atoms with Gasteiger partial charge in [0.1, 0.15) is 5.82 Å². The third kappa shape index (κ3) is 2.96. The minimum absolute atomic E-state index is 0.242. The van der Waals surface area contributed by atoms with Gasteiger partial charge in [-0.3, -0.25) is 4.79 Å². The average molecular weight is 280 g/mol. The molecule has 0 amide bonds. The first-order chi connectivity index (χ1) is 9.22. The molecular weight excluding hydrogens is 260 g/mol. The average Bonchev–Trinajstić information content (AvgIpc) is 2.80. The molecule has 1 aromatic heterocycles. The Labute approximate surface area is 117 Å². The molecular formula is C14H20N2O2S. The Kier molecular flexibility index (Phi) is 3.82. The fraction of sp³-hybridized carbons (Fsp3) is 0.714. The van der Waals surface area contributed by atoms with E-state index < -0.39 is 5.97 Å². The van der Waals surface area contributed by atoms with Gasteiger partial charge in [-0.05, 0) is 43.1 Å². The topological polar surface area (TPSA) is 55.1 Å². The summed E-state index contributed by atoms with van der Waals surface area (Å²) in [6.45, 7) is 0.805. The Balaban J connectivity index is 1.67. The molecule has 0 saturated carbocycles. The van der Waals surface area contributed by atoms with Crippen molar-refractivity contribution < 1.29 is 9.90 Å². The van der Waals surface area contributed by atoms with E-state index in [0.29, 0.717) is 6.42 Å². The van der Waals surface area contributed by atoms with Gasteiger partial charge in [0.05, 0.1) is 11.6 Å². The summed E-state index contributed by atoms with van der Waals surface area (Å²) in [4.78, 5) is 15.7. The number of aromatic nitrogens is 2. The fourth-order valence-corrected chi connectivity index (χ4v) is 4.25. The van der Waals surface area contributed by atoms with Crippen LogP contribution in [0.5, 0.6) is 0 Å². The maximum Gasteiger partial charge on any atom is 0.307 e. The Bertz CT molecular complexity index is 466. The molecule has 2 aliphatic heterocycles. The lowest BCUT2D eigenvalue weighted by Crippen LogP contribution is -2.25. The maximum absolute atomic E-state index is 11.0. The van der Waals surface area contributed by atoms with E-state index in [-0.39, 0.29) is 5.92 Å². The van der Waals surface area contributed by atoms with Crippen LogP contribution >= 0.6 is 11.8 Å². The summed E-state index contributed by atoms with van der Waals surface area (Å²) in [5, 5.41) is 9.09. The van der Waals surface area contributed by atoms with Crippen LogP contribution in [0.3, 0.4) is 0 Å². The normalized spacial score (nSPS) is 24.1. The van der Waals surface area contributed by atoms with Crippen LogP contribution in [0.25, 0.3) is 0 Å². The summed E-state index contributed by atoms with van der Waals surface area (Å²) in [5.41, 5.74) is 1.16. The van der Waals surface area contributed by atoms with Gasteiger partial charge in [-0.1, -0.05) is 0 Å². The molecule has 1 saturated heterocycles. The van der Waals surface area contributed by atoms with Gasteiger partial charge >= 0.3 is 5.97 Å². The van der Waals surface area contributed by atoms with Gasteiger partial charge in [0.15, 0.2) is 0 Å². The predicted molar refractivity (Wildman–Crippen MR) is 75.4 cm³/mol. The summed E-state index contributed by atoms with van der Waals surface area (Å²) in [6.07, 6.45) is 7.14. The number of thioether (sulfide) groups is 1. The van der Waals surface area contributed by atoms with Crippen LogP contribution in [0, 0.1) is 11.8 Å². The lowest BCUT2D eigenvalue weighted by molar-refractivity contribution is -0.142. The molecule has 0 spiro atoms. The molecule has 1 aromatic rings. The molecule has 1 fully saturated rings. The predicted octanol–water partition coefficient (Wildman–Crippen LogP) is 2.22. The zero-order chi connectivity index (χ0) is 13.2. The van der Waals surface area contributed by atoms with E-state index >= 15 is 0 Å². The van der Waals surface area contributed by atoms with E-state index in [9.17, 15) is 4.79 Å². The molecule has 3 rings (SSSR count). The number of hydrogen-bond donors (Lipinski definition) is 1. The highest BCUT2D eigenvalue weighted by Crippen LogP contribution is 2.27. The summed E-state index contributed by atoms with van der Waals surface area (Å²) in [7, 11) is 0. The molecule has 1 unspecified atom stereocenters. The van der Waals surface area contributed by atoms with E-state index in [1.165, 1.54) is 24.3 Å². The monoisotopic (exact) mass is 280 g/mol. The van der Waals surface area contributed by atoms with Gasteiger partial charge in [0.2, 0.25) is 0 Å². The van der Waals surface area contributed by atoms with E-state index in [1.807, 2.05) is 11.8 Å². The van der Waals surface area contributed by atoms with Gasteiger partial charge < -0.3 is 9.67 Å². The number of rotatable bonds is 3. The highest BCUT2D eigenvalue weighted by molar-refractivity contribution is 7.99. The zero-order valence-corrected chi connectivity index (χ0v) is 11.9. The molecule has 5 heteroatoms. The molecule has 1 N–H and O–H groups in total. The van der Waals surface area contributed by atoms with Crippen molar-refractivity contribution in [2.24, 2.45) is 11.8 Å². The Morgan fingerprint density at radius 3 is 2.95 bits per heavy atom. The zero-order valence-electron chi connectivity index (χ0n) is 11.0. The van der Waals surface area contributed by atoms with Crippen molar-refractivity contribution in [1.82, 2.24) is 9.55 Å². The molecule has 3 heterocycles. The van der Waals surface area contributed by atoms with Crippen LogP contribution in [0.4, 0.5) is 0 Å². The van der Waals surface area contributed by atoms with Crippen molar-refractivity contribution >= 4 is 17.7 Å². The van der Waals surface area contributed by atoms with Crippen molar-refractivity contribution in [3.8, 4) is 0 Å². The third-order valence-electron chi connectivity index (χ3n) is 4.24. The number of aryl methyl sites for hydroxylation is 1. The molecule has 2 aliphatic rings. The summed E-state index contributed by atoms with van der Waals surface area (Å²) in [5.74, 6) is 3.37. The van der Waals surface area contributed by atoms with Crippen molar-refractivity contribution in [2.75, 3.05) is 11.5 Å². The first-order valence-electron chi connectivity index (χ1n) is 7.08. The summed E-state index contributed by atoms with van der Waals surface area (Å²) >= 11 is 2.05. The van der Waals surface area contributed by atoms with Gasteiger partial charge in [-0.15, -0.1) is 0 Å². The van der Waals surface area contributed by atoms with E-state index in [4.69, 9.17) is 5.11 Å². The lowest BCUT2D eigenvalue weighted by Gasteiger charge is -2.19. The number of fused-ring (bicyclic) bond motifs is 1. The largest absolute Gasteiger partial charge is 0.481 e.